The molecule has 6 aliphatic rings. The fourth-order valence-corrected chi connectivity index (χ4v) is 8.84. The van der Waals surface area contributed by atoms with Gasteiger partial charge in [0.25, 0.3) is 0 Å². The molecule has 0 aliphatic carbocycles. The first-order valence-corrected chi connectivity index (χ1v) is 17.6. The molecule has 48 heavy (non-hydrogen) atoms. The lowest BCUT2D eigenvalue weighted by atomic mass is 9.73. The number of Topliss-reactive ketones (excluding diaryl/α,β-unsaturated/α-hetero) is 2. The normalized spacial score (nSPS) is 27.2. The van der Waals surface area contributed by atoms with Crippen LogP contribution in [0, 0.1) is 23.5 Å². The second kappa shape index (κ2) is 14.2. The summed E-state index contributed by atoms with van der Waals surface area (Å²) in [6, 6.07) is 28.6. The summed E-state index contributed by atoms with van der Waals surface area (Å²) >= 11 is 12.8. The third kappa shape index (κ3) is 6.36. The van der Waals surface area contributed by atoms with E-state index in [0.717, 1.165) is 74.6 Å². The topological polar surface area (TPSA) is 40.6 Å². The smallest absolute Gasteiger partial charge is 0.154 e. The van der Waals surface area contributed by atoms with Crippen molar-refractivity contribution in [2.45, 2.75) is 49.6 Å². The van der Waals surface area contributed by atoms with Gasteiger partial charge in [0.15, 0.2) is 11.6 Å². The standard InChI is InChI=1S/C20H19Cl2NO.C20H19F2NO/c21-16-8-4-7-15(18(16)22)17(13-5-2-1-3-6-13)19-20(24)14-9-11-23(19)12-10-14;21-15-6-7-16(17(22)12-15)18(13-4-2-1-3-5-13)19-20(24)14-8-10-23(19)11-9-14/h1-8,14,17,19H,9-12H2;1-7,12,14,18-19H,8-11H2. The molecule has 4 unspecified atom stereocenters. The molecule has 4 nitrogen and oxygen atoms in total. The van der Waals surface area contributed by atoms with Crippen molar-refractivity contribution in [3.05, 3.63) is 141 Å². The highest BCUT2D eigenvalue weighted by Gasteiger charge is 2.47. The molecule has 248 valence electrons. The van der Waals surface area contributed by atoms with Crippen molar-refractivity contribution in [3.63, 3.8) is 0 Å². The summed E-state index contributed by atoms with van der Waals surface area (Å²) in [5.74, 6) is -0.823. The number of carbonyl (C=O) groups excluding carboxylic acids is 2. The maximum atomic E-state index is 14.5. The van der Waals surface area contributed by atoms with Crippen molar-refractivity contribution in [1.82, 2.24) is 9.80 Å². The van der Waals surface area contributed by atoms with E-state index in [2.05, 4.69) is 21.9 Å². The van der Waals surface area contributed by atoms with E-state index in [4.69, 9.17) is 23.2 Å². The van der Waals surface area contributed by atoms with Gasteiger partial charge in [-0.3, -0.25) is 19.4 Å². The van der Waals surface area contributed by atoms with Crippen molar-refractivity contribution in [2.24, 2.45) is 11.8 Å². The summed E-state index contributed by atoms with van der Waals surface area (Å²) < 4.78 is 27.9. The minimum atomic E-state index is -0.597. The van der Waals surface area contributed by atoms with E-state index in [-0.39, 0.29) is 35.6 Å². The SMILES string of the molecule is O=C1C2CCN(CC2)C1C(c1ccccc1)c1ccc(F)cc1F.O=C1C2CCN(CC2)C1C(c1ccccc1)c1cccc(Cl)c1Cl. The van der Waals surface area contributed by atoms with E-state index >= 15 is 0 Å². The fourth-order valence-electron chi connectivity index (χ4n) is 8.42. The summed E-state index contributed by atoms with van der Waals surface area (Å²) in [7, 11) is 0. The van der Waals surface area contributed by atoms with Crippen LogP contribution in [0.2, 0.25) is 10.0 Å². The Morgan fingerprint density at radius 3 is 1.52 bits per heavy atom. The largest absolute Gasteiger partial charge is 0.298 e. The van der Waals surface area contributed by atoms with Crippen LogP contribution in [0.4, 0.5) is 8.78 Å². The van der Waals surface area contributed by atoms with Crippen LogP contribution < -0.4 is 0 Å². The molecule has 0 N–H and O–H groups in total. The van der Waals surface area contributed by atoms with Crippen LogP contribution >= 0.6 is 23.2 Å². The molecule has 4 aromatic rings. The van der Waals surface area contributed by atoms with Gasteiger partial charge in [-0.15, -0.1) is 0 Å². The fraction of sp³-hybridized carbons (Fsp3) is 0.350. The number of rotatable bonds is 6. The Hall–Kier alpha value is -3.42. The minimum Gasteiger partial charge on any atom is -0.298 e. The summed E-state index contributed by atoms with van der Waals surface area (Å²) in [6.45, 7) is 3.71. The third-order valence-electron chi connectivity index (χ3n) is 10.8. The lowest BCUT2D eigenvalue weighted by molar-refractivity contribution is -0.138. The van der Waals surface area contributed by atoms with Gasteiger partial charge in [0.2, 0.25) is 0 Å². The Morgan fingerprint density at radius 1 is 0.583 bits per heavy atom. The summed E-state index contributed by atoms with van der Waals surface area (Å²) in [5.41, 5.74) is 3.36. The zero-order chi connectivity index (χ0) is 33.4. The highest BCUT2D eigenvalue weighted by atomic mass is 35.5. The average Bonchev–Trinajstić information content (AvgIpc) is 3.12. The van der Waals surface area contributed by atoms with Crippen LogP contribution in [0.5, 0.6) is 0 Å². The lowest BCUT2D eigenvalue weighted by Gasteiger charge is -2.47. The maximum absolute atomic E-state index is 14.5. The zero-order valence-electron chi connectivity index (χ0n) is 26.6. The molecule has 8 heteroatoms. The molecular weight excluding hydrogens is 649 g/mol. The van der Waals surface area contributed by atoms with E-state index in [1.54, 1.807) is 6.07 Å². The number of ketones is 2. The van der Waals surface area contributed by atoms with E-state index in [1.165, 1.54) is 12.1 Å². The van der Waals surface area contributed by atoms with Gasteiger partial charge in [-0.05, 0) is 86.2 Å². The van der Waals surface area contributed by atoms with Gasteiger partial charge < -0.3 is 0 Å². The number of hydrogen-bond acceptors (Lipinski definition) is 4. The maximum Gasteiger partial charge on any atom is 0.154 e. The lowest BCUT2D eigenvalue weighted by Crippen LogP contribution is -2.57. The van der Waals surface area contributed by atoms with Crippen molar-refractivity contribution in [3.8, 4) is 0 Å². The van der Waals surface area contributed by atoms with Gasteiger partial charge in [-0.1, -0.05) is 102 Å². The van der Waals surface area contributed by atoms with Gasteiger partial charge in [-0.25, -0.2) is 8.78 Å². The Bertz CT molecular complexity index is 1770. The number of hydrogen-bond donors (Lipinski definition) is 0. The van der Waals surface area contributed by atoms with E-state index in [1.807, 2.05) is 60.7 Å². The van der Waals surface area contributed by atoms with E-state index in [9.17, 15) is 18.4 Å². The third-order valence-corrected chi connectivity index (χ3v) is 11.6. The molecule has 4 aromatic carbocycles. The first-order chi connectivity index (χ1) is 23.3. The van der Waals surface area contributed by atoms with Crippen molar-refractivity contribution < 1.29 is 18.4 Å². The van der Waals surface area contributed by atoms with Crippen LogP contribution in [-0.4, -0.2) is 59.6 Å². The van der Waals surface area contributed by atoms with Crippen LogP contribution in [0.1, 0.15) is 59.8 Å². The first kappa shape index (κ1) is 33.1. The predicted molar refractivity (Wildman–Crippen MR) is 186 cm³/mol. The molecule has 6 aliphatic heterocycles. The first-order valence-electron chi connectivity index (χ1n) is 16.9. The number of piperidine rings is 6. The highest BCUT2D eigenvalue weighted by Crippen LogP contribution is 2.43. The molecule has 10 rings (SSSR count). The summed E-state index contributed by atoms with van der Waals surface area (Å²) in [6.07, 6.45) is 3.76. The highest BCUT2D eigenvalue weighted by molar-refractivity contribution is 6.42. The molecule has 0 spiro atoms. The van der Waals surface area contributed by atoms with Gasteiger partial charge >= 0.3 is 0 Å². The molecule has 0 saturated carbocycles. The Balaban J connectivity index is 0.000000152. The van der Waals surface area contributed by atoms with E-state index < -0.39 is 17.6 Å². The second-order valence-corrected chi connectivity index (χ2v) is 14.2. The Morgan fingerprint density at radius 2 is 1.06 bits per heavy atom. The van der Waals surface area contributed by atoms with Gasteiger partial charge in [-0.2, -0.15) is 0 Å². The molecule has 0 radical (unpaired) electrons. The monoisotopic (exact) mass is 686 g/mol. The van der Waals surface area contributed by atoms with Crippen molar-refractivity contribution in [2.75, 3.05) is 26.2 Å². The predicted octanol–water partition coefficient (Wildman–Crippen LogP) is 8.55. The number of nitrogens with zero attached hydrogens (tertiary/aromatic N) is 2. The Kier molecular flexibility index (Phi) is 9.79. The molecular formula is C40H38Cl2F2N2O2. The molecule has 0 amide bonds. The molecule has 6 fully saturated rings. The quantitative estimate of drug-likeness (QED) is 0.204. The van der Waals surface area contributed by atoms with Gasteiger partial charge in [0.05, 0.1) is 22.1 Å². The van der Waals surface area contributed by atoms with Crippen LogP contribution in [0.3, 0.4) is 0 Å². The summed E-state index contributed by atoms with van der Waals surface area (Å²) in [4.78, 5) is 30.5. The van der Waals surface area contributed by atoms with Crippen molar-refractivity contribution in [1.29, 1.82) is 0 Å². The number of carbonyl (C=O) groups is 2. The molecule has 4 bridgehead atoms. The molecule has 0 aromatic heterocycles. The van der Waals surface area contributed by atoms with Gasteiger partial charge in [0, 0.05) is 29.7 Å². The molecule has 4 atom stereocenters. The zero-order valence-corrected chi connectivity index (χ0v) is 28.1. The Labute approximate surface area is 290 Å². The van der Waals surface area contributed by atoms with Crippen molar-refractivity contribution >= 4 is 34.8 Å². The number of halogens is 4. The van der Waals surface area contributed by atoms with Crippen LogP contribution in [0.15, 0.2) is 97.1 Å². The van der Waals surface area contributed by atoms with Crippen LogP contribution in [0.25, 0.3) is 0 Å². The summed E-state index contributed by atoms with van der Waals surface area (Å²) in [5, 5.41) is 1.10. The van der Waals surface area contributed by atoms with Crippen LogP contribution in [-0.2, 0) is 9.59 Å². The van der Waals surface area contributed by atoms with E-state index in [0.29, 0.717) is 21.4 Å². The average molecular weight is 688 g/mol. The second-order valence-electron chi connectivity index (χ2n) is 13.4. The minimum absolute atomic E-state index is 0.0759. The molecule has 6 saturated heterocycles. The molecule has 6 heterocycles. The number of fused-ring (bicyclic) bond motifs is 6. The number of benzene rings is 4. The van der Waals surface area contributed by atoms with Gasteiger partial charge in [0.1, 0.15) is 11.6 Å².